The molecule has 0 aliphatic carbocycles. The van der Waals surface area contributed by atoms with Gasteiger partial charge in [-0.2, -0.15) is 0 Å². The van der Waals surface area contributed by atoms with E-state index in [1.165, 1.54) is 18.6 Å². The summed E-state index contributed by atoms with van der Waals surface area (Å²) >= 11 is 0. The molecule has 0 saturated heterocycles. The molecule has 0 heterocycles. The van der Waals surface area contributed by atoms with E-state index in [2.05, 4.69) is 6.92 Å². The van der Waals surface area contributed by atoms with Gasteiger partial charge in [0.15, 0.2) is 0 Å². The fourth-order valence-corrected chi connectivity index (χ4v) is 1.78. The van der Waals surface area contributed by atoms with Gasteiger partial charge in [-0.1, -0.05) is 32.6 Å². The van der Waals surface area contributed by atoms with E-state index < -0.39 is 10.9 Å². The van der Waals surface area contributed by atoms with Gasteiger partial charge < -0.3 is 10.5 Å². The lowest BCUT2D eigenvalue weighted by molar-refractivity contribution is -0.384. The fraction of sp³-hybridized carbons (Fsp3) is 0.500. The minimum absolute atomic E-state index is 0.0489. The summed E-state index contributed by atoms with van der Waals surface area (Å²) in [7, 11) is 0. The second kappa shape index (κ2) is 8.14. The van der Waals surface area contributed by atoms with Crippen molar-refractivity contribution >= 4 is 17.3 Å². The zero-order valence-electron chi connectivity index (χ0n) is 11.6. The number of carbonyl (C=O) groups excluding carboxylic acids is 1. The zero-order valence-corrected chi connectivity index (χ0v) is 11.6. The first-order chi connectivity index (χ1) is 9.56. The maximum absolute atomic E-state index is 11.8. The Bertz CT molecular complexity index is 474. The smallest absolute Gasteiger partial charge is 0.340 e. The van der Waals surface area contributed by atoms with Crippen LogP contribution < -0.4 is 5.73 Å². The summed E-state index contributed by atoms with van der Waals surface area (Å²) in [6, 6.07) is 3.75. The molecule has 0 radical (unpaired) electrons. The maximum Gasteiger partial charge on any atom is 0.340 e. The summed E-state index contributed by atoms with van der Waals surface area (Å²) in [5, 5.41) is 10.7. The zero-order chi connectivity index (χ0) is 15.0. The van der Waals surface area contributed by atoms with Crippen LogP contribution in [0.3, 0.4) is 0 Å². The van der Waals surface area contributed by atoms with E-state index in [1.54, 1.807) is 0 Å². The van der Waals surface area contributed by atoms with Crippen LogP contribution in [0.25, 0.3) is 0 Å². The molecule has 0 fully saturated rings. The largest absolute Gasteiger partial charge is 0.462 e. The highest BCUT2D eigenvalue weighted by Crippen LogP contribution is 2.20. The van der Waals surface area contributed by atoms with E-state index in [-0.39, 0.29) is 16.9 Å². The molecule has 110 valence electrons. The molecule has 0 saturated carbocycles. The van der Waals surface area contributed by atoms with Crippen LogP contribution in [-0.2, 0) is 4.74 Å². The normalized spacial score (nSPS) is 10.2. The summed E-state index contributed by atoms with van der Waals surface area (Å²) in [6.07, 6.45) is 5.24. The molecule has 6 nitrogen and oxygen atoms in total. The Balaban J connectivity index is 2.50. The van der Waals surface area contributed by atoms with Gasteiger partial charge in [0.2, 0.25) is 0 Å². The van der Waals surface area contributed by atoms with Crippen molar-refractivity contribution in [1.82, 2.24) is 0 Å². The number of nitrogens with zero attached hydrogens (tertiary/aromatic N) is 1. The summed E-state index contributed by atoms with van der Waals surface area (Å²) in [6.45, 7) is 2.44. The molecule has 0 aromatic heterocycles. The predicted octanol–water partition coefficient (Wildman–Crippen LogP) is 3.30. The lowest BCUT2D eigenvalue weighted by Crippen LogP contribution is -2.09. The number of unbranched alkanes of at least 4 members (excludes halogenated alkanes) is 4. The number of benzene rings is 1. The Morgan fingerprint density at radius 3 is 2.65 bits per heavy atom. The molecule has 0 aliphatic heterocycles. The molecule has 0 unspecified atom stereocenters. The van der Waals surface area contributed by atoms with E-state index in [1.807, 2.05) is 0 Å². The van der Waals surface area contributed by atoms with Crippen LogP contribution in [0.4, 0.5) is 11.4 Å². The van der Waals surface area contributed by atoms with E-state index in [4.69, 9.17) is 10.5 Å². The second-order valence-corrected chi connectivity index (χ2v) is 4.58. The quantitative estimate of drug-likeness (QED) is 0.259. The van der Waals surface area contributed by atoms with Gasteiger partial charge in [-0.25, -0.2) is 4.79 Å². The number of nitro groups is 1. The molecule has 0 atom stereocenters. The lowest BCUT2D eigenvalue weighted by atomic mass is 10.1. The Kier molecular flexibility index (Phi) is 6.49. The van der Waals surface area contributed by atoms with Crippen LogP contribution in [0.15, 0.2) is 18.2 Å². The predicted molar refractivity (Wildman–Crippen MR) is 76.6 cm³/mol. The van der Waals surface area contributed by atoms with Crippen molar-refractivity contribution in [3.05, 3.63) is 33.9 Å². The van der Waals surface area contributed by atoms with Gasteiger partial charge in [0.1, 0.15) is 0 Å². The number of carbonyl (C=O) groups is 1. The number of nitrogen functional groups attached to an aromatic ring is 1. The average Bonchev–Trinajstić information content (AvgIpc) is 2.42. The van der Waals surface area contributed by atoms with Crippen molar-refractivity contribution in [3.8, 4) is 0 Å². The molecule has 1 aromatic carbocycles. The highest BCUT2D eigenvalue weighted by molar-refractivity contribution is 5.95. The molecular formula is C14H20N2O4. The molecule has 20 heavy (non-hydrogen) atoms. The van der Waals surface area contributed by atoms with Crippen LogP contribution in [0.1, 0.15) is 49.4 Å². The molecule has 6 heteroatoms. The van der Waals surface area contributed by atoms with E-state index >= 15 is 0 Å². The number of ether oxygens (including phenoxy) is 1. The number of hydrogen-bond acceptors (Lipinski definition) is 5. The summed E-state index contributed by atoms with van der Waals surface area (Å²) in [5.74, 6) is -0.610. The van der Waals surface area contributed by atoms with Crippen molar-refractivity contribution in [1.29, 1.82) is 0 Å². The second-order valence-electron chi connectivity index (χ2n) is 4.58. The topological polar surface area (TPSA) is 95.5 Å². The van der Waals surface area contributed by atoms with Gasteiger partial charge in [0.05, 0.1) is 17.1 Å². The molecule has 1 rings (SSSR count). The number of nitrogens with two attached hydrogens (primary N) is 1. The van der Waals surface area contributed by atoms with Crippen molar-refractivity contribution < 1.29 is 14.5 Å². The van der Waals surface area contributed by atoms with E-state index in [0.717, 1.165) is 31.7 Å². The molecule has 0 aliphatic rings. The third-order valence-corrected chi connectivity index (χ3v) is 2.95. The summed E-state index contributed by atoms with van der Waals surface area (Å²) < 4.78 is 5.08. The molecule has 0 bridgehead atoms. The van der Waals surface area contributed by atoms with Crippen molar-refractivity contribution in [2.75, 3.05) is 12.3 Å². The Hall–Kier alpha value is -2.11. The highest BCUT2D eigenvalue weighted by Gasteiger charge is 2.16. The van der Waals surface area contributed by atoms with Gasteiger partial charge in [0, 0.05) is 17.8 Å². The number of hydrogen-bond donors (Lipinski definition) is 1. The highest BCUT2D eigenvalue weighted by atomic mass is 16.6. The van der Waals surface area contributed by atoms with E-state index in [9.17, 15) is 14.9 Å². The minimum Gasteiger partial charge on any atom is -0.462 e. The van der Waals surface area contributed by atoms with Crippen LogP contribution in [0.5, 0.6) is 0 Å². The first-order valence-electron chi connectivity index (χ1n) is 6.77. The summed E-state index contributed by atoms with van der Waals surface area (Å²) in [5.41, 5.74) is 5.70. The Morgan fingerprint density at radius 1 is 1.30 bits per heavy atom. The summed E-state index contributed by atoms with van der Waals surface area (Å²) in [4.78, 5) is 21.9. The lowest BCUT2D eigenvalue weighted by Gasteiger charge is -2.06. The van der Waals surface area contributed by atoms with Crippen LogP contribution in [0.2, 0.25) is 0 Å². The first-order valence-corrected chi connectivity index (χ1v) is 6.77. The monoisotopic (exact) mass is 280 g/mol. The molecule has 2 N–H and O–H groups in total. The molecule has 1 aromatic rings. The molecule has 0 amide bonds. The molecular weight excluding hydrogens is 260 g/mol. The SMILES string of the molecule is CCCCCCCOC(=O)c1cc([N+](=O)[O-])ccc1N. The minimum atomic E-state index is -0.610. The van der Waals surface area contributed by atoms with Gasteiger partial charge >= 0.3 is 5.97 Å². The number of rotatable bonds is 8. The van der Waals surface area contributed by atoms with Crippen LogP contribution in [0, 0.1) is 10.1 Å². The number of non-ortho nitro benzene ring substituents is 1. The van der Waals surface area contributed by atoms with Crippen molar-refractivity contribution in [3.63, 3.8) is 0 Å². The third-order valence-electron chi connectivity index (χ3n) is 2.95. The Morgan fingerprint density at radius 2 is 2.00 bits per heavy atom. The average molecular weight is 280 g/mol. The standard InChI is InChI=1S/C14H20N2O4/c1-2-3-4-5-6-9-20-14(17)12-10-11(16(18)19)7-8-13(12)15/h7-8,10H,2-6,9,15H2,1H3. The van der Waals surface area contributed by atoms with Gasteiger partial charge in [-0.3, -0.25) is 10.1 Å². The van der Waals surface area contributed by atoms with Crippen LogP contribution in [-0.4, -0.2) is 17.5 Å². The van der Waals surface area contributed by atoms with Gasteiger partial charge in [-0.05, 0) is 12.5 Å². The van der Waals surface area contributed by atoms with E-state index in [0.29, 0.717) is 6.61 Å². The number of nitro benzene ring substituents is 1. The Labute approximate surface area is 118 Å². The van der Waals surface area contributed by atoms with Crippen molar-refractivity contribution in [2.45, 2.75) is 39.0 Å². The number of anilines is 1. The molecule has 0 spiro atoms. The fourth-order valence-electron chi connectivity index (χ4n) is 1.78. The van der Waals surface area contributed by atoms with Crippen LogP contribution >= 0.6 is 0 Å². The van der Waals surface area contributed by atoms with Gasteiger partial charge in [-0.15, -0.1) is 0 Å². The van der Waals surface area contributed by atoms with Gasteiger partial charge in [0.25, 0.3) is 5.69 Å². The number of esters is 1. The third kappa shape index (κ3) is 4.87. The first kappa shape index (κ1) is 15.9. The van der Waals surface area contributed by atoms with Crippen molar-refractivity contribution in [2.24, 2.45) is 0 Å². The maximum atomic E-state index is 11.8.